The van der Waals surface area contributed by atoms with Gasteiger partial charge in [0.1, 0.15) is 18.6 Å². The van der Waals surface area contributed by atoms with Crippen molar-refractivity contribution >= 4 is 12.0 Å². The van der Waals surface area contributed by atoms with E-state index in [4.69, 9.17) is 4.74 Å². The smallest absolute Gasteiger partial charge is 0.122 e. The van der Waals surface area contributed by atoms with Crippen LogP contribution in [0.3, 0.4) is 0 Å². The maximum absolute atomic E-state index is 10.8. The number of aldehydes is 1. The molecular formula is C22H31NO2. The van der Waals surface area contributed by atoms with Gasteiger partial charge in [0.2, 0.25) is 0 Å². The highest BCUT2D eigenvalue weighted by Crippen LogP contribution is 2.28. The zero-order valence-electron chi connectivity index (χ0n) is 15.8. The third kappa shape index (κ3) is 6.61. The number of benzene rings is 1. The van der Waals surface area contributed by atoms with Gasteiger partial charge in [0.15, 0.2) is 0 Å². The molecule has 0 aliphatic carbocycles. The fourth-order valence-corrected chi connectivity index (χ4v) is 2.95. The van der Waals surface area contributed by atoms with E-state index < -0.39 is 0 Å². The predicted molar refractivity (Wildman–Crippen MR) is 107 cm³/mol. The predicted octanol–water partition coefficient (Wildman–Crippen LogP) is 5.34. The molecule has 25 heavy (non-hydrogen) atoms. The first kappa shape index (κ1) is 20.8. The Hall–Kier alpha value is -2.29. The number of carbonyl (C=O) groups is 1. The van der Waals surface area contributed by atoms with E-state index in [0.717, 1.165) is 42.7 Å². The van der Waals surface area contributed by atoms with E-state index in [9.17, 15) is 4.79 Å². The molecule has 1 aliphatic rings. The van der Waals surface area contributed by atoms with Gasteiger partial charge in [0, 0.05) is 24.7 Å². The van der Waals surface area contributed by atoms with E-state index in [2.05, 4.69) is 23.6 Å². The van der Waals surface area contributed by atoms with Crippen molar-refractivity contribution in [2.24, 2.45) is 0 Å². The van der Waals surface area contributed by atoms with Crippen molar-refractivity contribution < 1.29 is 9.53 Å². The second kappa shape index (κ2) is 12.1. The molecule has 1 heterocycles. The van der Waals surface area contributed by atoms with Crippen LogP contribution in [0.5, 0.6) is 5.75 Å². The normalized spacial score (nSPS) is 17.2. The van der Waals surface area contributed by atoms with Crippen LogP contribution in [-0.2, 0) is 4.79 Å². The zero-order chi connectivity index (χ0) is 18.5. The summed E-state index contributed by atoms with van der Waals surface area (Å²) in [6, 6.07) is 8.48. The van der Waals surface area contributed by atoms with Crippen LogP contribution in [0.1, 0.15) is 40.0 Å². The Kier molecular flexibility index (Phi) is 10.1. The molecule has 0 aromatic heterocycles. The van der Waals surface area contributed by atoms with Crippen LogP contribution in [-0.4, -0.2) is 25.5 Å². The van der Waals surface area contributed by atoms with Crippen molar-refractivity contribution in [3.8, 4) is 5.75 Å². The number of nitrogens with zero attached hydrogens (tertiary/aromatic N) is 1. The summed E-state index contributed by atoms with van der Waals surface area (Å²) in [6.07, 6.45) is 11.6. The van der Waals surface area contributed by atoms with Gasteiger partial charge in [-0.2, -0.15) is 0 Å². The van der Waals surface area contributed by atoms with E-state index in [0.29, 0.717) is 19.1 Å². The van der Waals surface area contributed by atoms with E-state index in [-0.39, 0.29) is 0 Å². The van der Waals surface area contributed by atoms with Crippen LogP contribution >= 0.6 is 0 Å². The third-order valence-corrected chi connectivity index (χ3v) is 4.03. The molecule has 136 valence electrons. The SMILES string of the molecule is C=C/C=C(\C=C/C)COc1ccc(N2CCC[C@H]2CC=O)cc1.CC. The number of allylic oxidation sites excluding steroid dienone is 3. The minimum Gasteiger partial charge on any atom is -0.489 e. The lowest BCUT2D eigenvalue weighted by atomic mass is 10.1. The molecular weight excluding hydrogens is 310 g/mol. The van der Waals surface area contributed by atoms with Crippen molar-refractivity contribution in [3.05, 3.63) is 60.7 Å². The van der Waals surface area contributed by atoms with E-state index in [1.165, 1.54) is 0 Å². The van der Waals surface area contributed by atoms with Crippen molar-refractivity contribution in [1.29, 1.82) is 0 Å². The molecule has 0 amide bonds. The molecule has 1 aromatic carbocycles. The monoisotopic (exact) mass is 341 g/mol. The van der Waals surface area contributed by atoms with Gasteiger partial charge in [-0.1, -0.05) is 44.7 Å². The molecule has 1 aromatic rings. The number of ether oxygens (including phenoxy) is 1. The van der Waals surface area contributed by atoms with Crippen molar-refractivity contribution in [2.75, 3.05) is 18.1 Å². The highest BCUT2D eigenvalue weighted by atomic mass is 16.5. The first-order valence-electron chi connectivity index (χ1n) is 9.16. The maximum atomic E-state index is 10.8. The Morgan fingerprint density at radius 2 is 2.04 bits per heavy atom. The Bertz CT molecular complexity index is 572. The molecule has 0 radical (unpaired) electrons. The van der Waals surface area contributed by atoms with Gasteiger partial charge in [0.05, 0.1) is 0 Å². The Morgan fingerprint density at radius 3 is 2.64 bits per heavy atom. The van der Waals surface area contributed by atoms with Gasteiger partial charge >= 0.3 is 0 Å². The fraction of sp³-hybridized carbons (Fsp3) is 0.409. The standard InChI is InChI=1S/C20H25NO2.C2H6/c1-3-6-17(7-4-2)16-23-20-11-9-19(10-12-20)21-14-5-8-18(21)13-15-22;1-2/h3-4,6-7,9-12,15,18H,1,5,8,13-14,16H2,2H3;1-2H3/b7-4-,17-6+;/t18-;/m0./s1. The molecule has 1 fully saturated rings. The van der Waals surface area contributed by atoms with Crippen LogP contribution in [0.25, 0.3) is 0 Å². The van der Waals surface area contributed by atoms with Gasteiger partial charge in [-0.05, 0) is 49.6 Å². The number of anilines is 1. The van der Waals surface area contributed by atoms with Crippen molar-refractivity contribution in [2.45, 2.75) is 46.1 Å². The summed E-state index contributed by atoms with van der Waals surface area (Å²) in [6.45, 7) is 11.2. The van der Waals surface area contributed by atoms with Crippen LogP contribution in [0.4, 0.5) is 5.69 Å². The summed E-state index contributed by atoms with van der Waals surface area (Å²) in [5.41, 5.74) is 2.24. The number of carbonyl (C=O) groups excluding carboxylic acids is 1. The van der Waals surface area contributed by atoms with Crippen LogP contribution in [0.15, 0.2) is 60.7 Å². The molecule has 0 saturated carbocycles. The van der Waals surface area contributed by atoms with Gasteiger partial charge in [-0.15, -0.1) is 0 Å². The third-order valence-electron chi connectivity index (χ3n) is 4.03. The first-order valence-corrected chi connectivity index (χ1v) is 9.16. The summed E-state index contributed by atoms with van der Waals surface area (Å²) < 4.78 is 5.82. The maximum Gasteiger partial charge on any atom is 0.122 e. The number of hydrogen-bond acceptors (Lipinski definition) is 3. The average Bonchev–Trinajstić information content (AvgIpc) is 3.11. The van der Waals surface area contributed by atoms with Gasteiger partial charge in [-0.3, -0.25) is 0 Å². The minimum absolute atomic E-state index is 0.344. The molecule has 0 bridgehead atoms. The van der Waals surface area contributed by atoms with Crippen LogP contribution in [0, 0.1) is 0 Å². The zero-order valence-corrected chi connectivity index (χ0v) is 15.8. The molecule has 1 aliphatic heterocycles. The van der Waals surface area contributed by atoms with Gasteiger partial charge in [-0.25, -0.2) is 0 Å². The molecule has 0 spiro atoms. The summed E-state index contributed by atoms with van der Waals surface area (Å²) in [5.74, 6) is 0.847. The Morgan fingerprint density at radius 1 is 1.32 bits per heavy atom. The van der Waals surface area contributed by atoms with E-state index in [1.807, 2.05) is 51.1 Å². The largest absolute Gasteiger partial charge is 0.489 e. The lowest BCUT2D eigenvalue weighted by molar-refractivity contribution is -0.108. The number of rotatable bonds is 8. The topological polar surface area (TPSA) is 29.5 Å². The molecule has 0 unspecified atom stereocenters. The first-order chi connectivity index (χ1) is 12.3. The highest BCUT2D eigenvalue weighted by molar-refractivity contribution is 5.56. The number of hydrogen-bond donors (Lipinski definition) is 0. The summed E-state index contributed by atoms with van der Waals surface area (Å²) in [4.78, 5) is 13.1. The quantitative estimate of drug-likeness (QED) is 0.472. The molecule has 1 atom stereocenters. The Balaban J connectivity index is 0.00000151. The Labute approximate surface area is 152 Å². The second-order valence-corrected chi connectivity index (χ2v) is 5.65. The molecule has 3 heteroatoms. The van der Waals surface area contributed by atoms with E-state index >= 15 is 0 Å². The van der Waals surface area contributed by atoms with Crippen molar-refractivity contribution in [1.82, 2.24) is 0 Å². The lowest BCUT2D eigenvalue weighted by Gasteiger charge is -2.25. The fourth-order valence-electron chi connectivity index (χ4n) is 2.95. The molecule has 3 nitrogen and oxygen atoms in total. The van der Waals surface area contributed by atoms with Gasteiger partial charge < -0.3 is 14.4 Å². The average molecular weight is 341 g/mol. The molecule has 2 rings (SSSR count). The molecule has 1 saturated heterocycles. The minimum atomic E-state index is 0.344. The summed E-state index contributed by atoms with van der Waals surface area (Å²) in [5, 5.41) is 0. The van der Waals surface area contributed by atoms with Crippen LogP contribution in [0.2, 0.25) is 0 Å². The highest BCUT2D eigenvalue weighted by Gasteiger charge is 2.24. The summed E-state index contributed by atoms with van der Waals surface area (Å²) >= 11 is 0. The lowest BCUT2D eigenvalue weighted by Crippen LogP contribution is -2.29. The van der Waals surface area contributed by atoms with E-state index in [1.54, 1.807) is 6.08 Å². The van der Waals surface area contributed by atoms with Crippen molar-refractivity contribution in [3.63, 3.8) is 0 Å². The molecule has 0 N–H and O–H groups in total. The van der Waals surface area contributed by atoms with Crippen LogP contribution < -0.4 is 9.64 Å². The van der Waals surface area contributed by atoms with Gasteiger partial charge in [0.25, 0.3) is 0 Å². The second-order valence-electron chi connectivity index (χ2n) is 5.65. The summed E-state index contributed by atoms with van der Waals surface area (Å²) in [7, 11) is 0.